The molecule has 2 aromatic carbocycles. The van der Waals surface area contributed by atoms with Crippen LogP contribution in [0.4, 0.5) is 5.69 Å². The summed E-state index contributed by atoms with van der Waals surface area (Å²) in [5, 5.41) is 13.2. The summed E-state index contributed by atoms with van der Waals surface area (Å²) in [5.41, 5.74) is 1.17. The lowest BCUT2D eigenvalue weighted by Gasteiger charge is -2.33. The van der Waals surface area contributed by atoms with E-state index in [9.17, 15) is 19.7 Å². The molecule has 8 heteroatoms. The van der Waals surface area contributed by atoms with Crippen LogP contribution in [0.15, 0.2) is 54.6 Å². The molecule has 140 valence electrons. The summed E-state index contributed by atoms with van der Waals surface area (Å²) in [5.74, 6) is -0.652. The molecule has 1 atom stereocenters. The van der Waals surface area contributed by atoms with Crippen LogP contribution in [-0.4, -0.2) is 47.9 Å². The number of nitrogens with zero attached hydrogens (tertiary/aromatic N) is 2. The molecule has 2 amide bonds. The van der Waals surface area contributed by atoms with Gasteiger partial charge < -0.3 is 15.0 Å². The molecule has 3 rings (SSSR count). The molecule has 2 aromatic rings. The molecule has 1 saturated heterocycles. The molecule has 0 spiro atoms. The summed E-state index contributed by atoms with van der Waals surface area (Å²) in [6, 6.07) is 14.9. The minimum Gasteiger partial charge on any atom is -0.370 e. The molecule has 1 aliphatic rings. The Morgan fingerprint density at radius 2 is 1.85 bits per heavy atom. The average molecular weight is 369 g/mol. The quantitative estimate of drug-likeness (QED) is 0.641. The van der Waals surface area contributed by atoms with Crippen molar-refractivity contribution >= 4 is 17.5 Å². The zero-order valence-electron chi connectivity index (χ0n) is 14.5. The summed E-state index contributed by atoms with van der Waals surface area (Å²) in [6.45, 7) is 1.19. The number of amides is 2. The molecule has 27 heavy (non-hydrogen) atoms. The van der Waals surface area contributed by atoms with Crippen molar-refractivity contribution in [2.75, 3.05) is 26.2 Å². The van der Waals surface area contributed by atoms with Crippen LogP contribution in [-0.2, 0) is 9.53 Å². The third kappa shape index (κ3) is 4.68. The van der Waals surface area contributed by atoms with Crippen LogP contribution in [0.5, 0.6) is 0 Å². The van der Waals surface area contributed by atoms with Crippen molar-refractivity contribution in [1.29, 1.82) is 0 Å². The van der Waals surface area contributed by atoms with Gasteiger partial charge in [-0.3, -0.25) is 19.7 Å². The fourth-order valence-electron chi connectivity index (χ4n) is 2.85. The number of hydrogen-bond acceptors (Lipinski definition) is 5. The van der Waals surface area contributed by atoms with E-state index in [1.54, 1.807) is 4.90 Å². The molecule has 0 aliphatic carbocycles. The highest BCUT2D eigenvalue weighted by Crippen LogP contribution is 2.21. The Labute approximate surface area is 155 Å². The average Bonchev–Trinajstić information content (AvgIpc) is 2.72. The van der Waals surface area contributed by atoms with E-state index in [0.717, 1.165) is 5.56 Å². The van der Waals surface area contributed by atoms with Crippen LogP contribution in [0.2, 0.25) is 0 Å². The predicted molar refractivity (Wildman–Crippen MR) is 97.1 cm³/mol. The van der Waals surface area contributed by atoms with Gasteiger partial charge in [-0.2, -0.15) is 0 Å². The Hall–Kier alpha value is -3.26. The van der Waals surface area contributed by atoms with Gasteiger partial charge in [0.15, 0.2) is 0 Å². The fourth-order valence-corrected chi connectivity index (χ4v) is 2.85. The molecule has 0 saturated carbocycles. The van der Waals surface area contributed by atoms with E-state index in [0.29, 0.717) is 19.7 Å². The van der Waals surface area contributed by atoms with E-state index in [1.807, 2.05) is 30.3 Å². The van der Waals surface area contributed by atoms with Gasteiger partial charge in [0.25, 0.3) is 11.6 Å². The van der Waals surface area contributed by atoms with Gasteiger partial charge in [0, 0.05) is 24.2 Å². The molecule has 1 N–H and O–H groups in total. The van der Waals surface area contributed by atoms with E-state index < -0.39 is 10.8 Å². The summed E-state index contributed by atoms with van der Waals surface area (Å²) in [4.78, 5) is 36.3. The second-order valence-corrected chi connectivity index (χ2v) is 6.10. The minimum absolute atomic E-state index is 0.0945. The largest absolute Gasteiger partial charge is 0.370 e. The van der Waals surface area contributed by atoms with Gasteiger partial charge in [-0.25, -0.2) is 0 Å². The van der Waals surface area contributed by atoms with Crippen LogP contribution in [0.25, 0.3) is 0 Å². The Balaban J connectivity index is 1.54. The van der Waals surface area contributed by atoms with E-state index in [1.165, 1.54) is 24.3 Å². The maximum Gasteiger partial charge on any atom is 0.269 e. The fraction of sp³-hybridized carbons (Fsp3) is 0.263. The standard InChI is InChI=1S/C19H19N3O5/c23-18(12-20-19(24)15-6-8-16(9-7-15)22(25)26)21-10-11-27-17(13-21)14-4-2-1-3-5-14/h1-9,17H,10-13H2,(H,20,24). The first-order chi connectivity index (χ1) is 13.0. The number of carbonyl (C=O) groups excluding carboxylic acids is 2. The van der Waals surface area contributed by atoms with Crippen molar-refractivity contribution < 1.29 is 19.2 Å². The zero-order chi connectivity index (χ0) is 19.2. The van der Waals surface area contributed by atoms with Gasteiger partial charge in [0.05, 0.1) is 24.6 Å². The van der Waals surface area contributed by atoms with Gasteiger partial charge >= 0.3 is 0 Å². The zero-order valence-corrected chi connectivity index (χ0v) is 14.5. The van der Waals surface area contributed by atoms with Crippen molar-refractivity contribution in [2.45, 2.75) is 6.10 Å². The van der Waals surface area contributed by atoms with Crippen LogP contribution >= 0.6 is 0 Å². The van der Waals surface area contributed by atoms with Crippen molar-refractivity contribution in [3.8, 4) is 0 Å². The molecule has 0 bridgehead atoms. The van der Waals surface area contributed by atoms with E-state index >= 15 is 0 Å². The molecular weight excluding hydrogens is 350 g/mol. The number of carbonyl (C=O) groups is 2. The highest BCUT2D eigenvalue weighted by Gasteiger charge is 2.25. The second kappa shape index (κ2) is 8.41. The number of morpholine rings is 1. The molecule has 1 fully saturated rings. The topological polar surface area (TPSA) is 102 Å². The lowest BCUT2D eigenvalue weighted by Crippen LogP contribution is -2.46. The Bertz CT molecular complexity index is 823. The van der Waals surface area contributed by atoms with Gasteiger partial charge in [0.2, 0.25) is 5.91 Å². The predicted octanol–water partition coefficient (Wildman–Crippen LogP) is 1.92. The highest BCUT2D eigenvalue weighted by atomic mass is 16.6. The molecule has 1 aliphatic heterocycles. The van der Waals surface area contributed by atoms with Crippen molar-refractivity contribution in [3.63, 3.8) is 0 Å². The number of benzene rings is 2. The van der Waals surface area contributed by atoms with E-state index in [4.69, 9.17) is 4.74 Å². The third-order valence-electron chi connectivity index (χ3n) is 4.33. The molecule has 8 nitrogen and oxygen atoms in total. The van der Waals surface area contributed by atoms with Crippen LogP contribution in [0.3, 0.4) is 0 Å². The monoisotopic (exact) mass is 369 g/mol. The van der Waals surface area contributed by atoms with Gasteiger partial charge in [-0.05, 0) is 17.7 Å². The summed E-state index contributed by atoms with van der Waals surface area (Å²) in [7, 11) is 0. The highest BCUT2D eigenvalue weighted by molar-refractivity contribution is 5.96. The van der Waals surface area contributed by atoms with Crippen molar-refractivity contribution in [3.05, 3.63) is 75.8 Å². The number of nitro groups is 1. The Morgan fingerprint density at radius 3 is 2.52 bits per heavy atom. The van der Waals surface area contributed by atoms with Crippen LogP contribution in [0.1, 0.15) is 22.0 Å². The minimum atomic E-state index is -0.535. The van der Waals surface area contributed by atoms with Crippen molar-refractivity contribution in [2.24, 2.45) is 0 Å². The van der Waals surface area contributed by atoms with E-state index in [2.05, 4.69) is 5.32 Å². The van der Waals surface area contributed by atoms with E-state index in [-0.39, 0.29) is 29.8 Å². The number of hydrogen-bond donors (Lipinski definition) is 1. The molecular formula is C19H19N3O5. The smallest absolute Gasteiger partial charge is 0.269 e. The first kappa shape index (κ1) is 18.5. The van der Waals surface area contributed by atoms with Crippen LogP contribution < -0.4 is 5.32 Å². The number of nitrogens with one attached hydrogen (secondary N) is 1. The summed E-state index contributed by atoms with van der Waals surface area (Å²) in [6.07, 6.45) is -0.186. The summed E-state index contributed by atoms with van der Waals surface area (Å²) >= 11 is 0. The number of non-ortho nitro benzene ring substituents is 1. The molecule has 1 unspecified atom stereocenters. The Morgan fingerprint density at radius 1 is 1.15 bits per heavy atom. The Kier molecular flexibility index (Phi) is 5.77. The lowest BCUT2D eigenvalue weighted by molar-refractivity contribution is -0.384. The maximum absolute atomic E-state index is 12.4. The van der Waals surface area contributed by atoms with Gasteiger partial charge in [-0.15, -0.1) is 0 Å². The number of nitro benzene ring substituents is 1. The normalized spacial score (nSPS) is 16.6. The third-order valence-corrected chi connectivity index (χ3v) is 4.33. The van der Waals surface area contributed by atoms with Gasteiger partial charge in [0.1, 0.15) is 6.10 Å². The SMILES string of the molecule is O=C(NCC(=O)N1CCOC(c2ccccc2)C1)c1ccc([N+](=O)[O-])cc1. The number of rotatable bonds is 5. The second-order valence-electron chi connectivity index (χ2n) is 6.10. The molecule has 1 heterocycles. The maximum atomic E-state index is 12.4. The van der Waals surface area contributed by atoms with Crippen LogP contribution in [0, 0.1) is 10.1 Å². The summed E-state index contributed by atoms with van der Waals surface area (Å²) < 4.78 is 5.73. The molecule has 0 radical (unpaired) electrons. The van der Waals surface area contributed by atoms with Crippen molar-refractivity contribution in [1.82, 2.24) is 10.2 Å². The first-order valence-electron chi connectivity index (χ1n) is 8.51. The molecule has 0 aromatic heterocycles. The first-order valence-corrected chi connectivity index (χ1v) is 8.51. The van der Waals surface area contributed by atoms with Gasteiger partial charge in [-0.1, -0.05) is 30.3 Å². The lowest BCUT2D eigenvalue weighted by atomic mass is 10.1. The number of ether oxygens (including phenoxy) is 1.